The van der Waals surface area contributed by atoms with Crippen LogP contribution < -0.4 is 0 Å². The fraction of sp³-hybridized carbons (Fsp3) is 0.647. The van der Waals surface area contributed by atoms with Crippen LogP contribution >= 0.6 is 0 Å². The van der Waals surface area contributed by atoms with Crippen molar-refractivity contribution in [1.29, 1.82) is 0 Å². The van der Waals surface area contributed by atoms with Gasteiger partial charge < -0.3 is 4.74 Å². The van der Waals surface area contributed by atoms with Crippen LogP contribution in [-0.4, -0.2) is 11.9 Å². The molecule has 3 heteroatoms. The molecule has 110 valence electrons. The normalized spacial score (nSPS) is 15.3. The quantitative estimate of drug-likeness (QED) is 0.425. The lowest BCUT2D eigenvalue weighted by Gasteiger charge is -2.24. The van der Waals surface area contributed by atoms with Gasteiger partial charge in [0, 0.05) is 11.8 Å². The van der Waals surface area contributed by atoms with Gasteiger partial charge in [-0.2, -0.15) is 0 Å². The van der Waals surface area contributed by atoms with Crippen LogP contribution in [0.1, 0.15) is 47.5 Å². The van der Waals surface area contributed by atoms with Crippen LogP contribution in [0.15, 0.2) is 0 Å². The molecule has 0 saturated carbocycles. The van der Waals surface area contributed by atoms with Crippen molar-refractivity contribution >= 4 is 11.9 Å². The van der Waals surface area contributed by atoms with Gasteiger partial charge in [0.2, 0.25) is 0 Å². The van der Waals surface area contributed by atoms with Crippen LogP contribution in [0.2, 0.25) is 0 Å². The maximum Gasteiger partial charge on any atom is 0.319 e. The first-order chi connectivity index (χ1) is 9.13. The molecule has 0 N–H and O–H groups in total. The smallest absolute Gasteiger partial charge is 0.319 e. The first-order valence-electron chi connectivity index (χ1n) is 6.82. The largest absolute Gasteiger partial charge is 0.393 e. The monoisotopic (exact) mass is 276 g/mol. The van der Waals surface area contributed by atoms with E-state index in [0.717, 1.165) is 0 Å². The van der Waals surface area contributed by atoms with Crippen molar-refractivity contribution in [3.8, 4) is 24.7 Å². The second-order valence-corrected chi connectivity index (χ2v) is 6.07. The minimum atomic E-state index is -0.779. The fourth-order valence-electron chi connectivity index (χ4n) is 1.93. The highest BCUT2D eigenvalue weighted by Gasteiger charge is 2.33. The summed E-state index contributed by atoms with van der Waals surface area (Å²) >= 11 is 0. The summed E-state index contributed by atoms with van der Waals surface area (Å²) in [5.74, 6) is 3.58. The highest BCUT2D eigenvalue weighted by Crippen LogP contribution is 2.27. The van der Waals surface area contributed by atoms with Gasteiger partial charge >= 0.3 is 11.9 Å². The molecule has 0 rings (SSSR count). The molecule has 0 radical (unpaired) electrons. The van der Waals surface area contributed by atoms with Crippen LogP contribution in [0.4, 0.5) is 0 Å². The minimum absolute atomic E-state index is 0.0258. The van der Waals surface area contributed by atoms with Crippen molar-refractivity contribution in [3.63, 3.8) is 0 Å². The SMILES string of the molecule is C#CC(C)CC(C)C(=O)OC(=O)C(C)(C)CC(C)C#C. The van der Waals surface area contributed by atoms with Crippen LogP contribution in [0.3, 0.4) is 0 Å². The molecule has 0 amide bonds. The molecule has 3 unspecified atom stereocenters. The summed E-state index contributed by atoms with van der Waals surface area (Å²) in [5.41, 5.74) is -0.779. The van der Waals surface area contributed by atoms with E-state index in [4.69, 9.17) is 17.6 Å². The molecule has 20 heavy (non-hydrogen) atoms. The number of carbonyl (C=O) groups excluding carboxylic acids is 2. The van der Waals surface area contributed by atoms with E-state index in [2.05, 4.69) is 11.8 Å². The summed E-state index contributed by atoms with van der Waals surface area (Å²) in [5, 5.41) is 0. The third kappa shape index (κ3) is 5.93. The molecular formula is C17H24O3. The van der Waals surface area contributed by atoms with E-state index in [-0.39, 0.29) is 11.8 Å². The number of rotatable bonds is 6. The summed E-state index contributed by atoms with van der Waals surface area (Å²) < 4.78 is 4.95. The molecule has 3 atom stereocenters. The average Bonchev–Trinajstić information content (AvgIpc) is 2.37. The molecule has 0 aromatic carbocycles. The zero-order chi connectivity index (χ0) is 15.9. The molecule has 0 aliphatic carbocycles. The summed E-state index contributed by atoms with van der Waals surface area (Å²) in [6.45, 7) is 8.87. The van der Waals surface area contributed by atoms with Crippen molar-refractivity contribution in [1.82, 2.24) is 0 Å². The lowest BCUT2D eigenvalue weighted by atomic mass is 9.83. The third-order valence-electron chi connectivity index (χ3n) is 3.24. The van der Waals surface area contributed by atoms with Gasteiger partial charge in [-0.15, -0.1) is 24.7 Å². The molecule has 0 aromatic rings. The highest BCUT2D eigenvalue weighted by atomic mass is 16.6. The highest BCUT2D eigenvalue weighted by molar-refractivity contribution is 5.89. The van der Waals surface area contributed by atoms with E-state index < -0.39 is 23.3 Å². The molecule has 0 aliphatic rings. The van der Waals surface area contributed by atoms with Gasteiger partial charge in [0.05, 0.1) is 11.3 Å². The van der Waals surface area contributed by atoms with Gasteiger partial charge in [0.1, 0.15) is 0 Å². The van der Waals surface area contributed by atoms with E-state index >= 15 is 0 Å². The van der Waals surface area contributed by atoms with E-state index in [9.17, 15) is 9.59 Å². The van der Waals surface area contributed by atoms with Crippen molar-refractivity contribution in [2.75, 3.05) is 0 Å². The Balaban J connectivity index is 4.57. The molecule has 3 nitrogen and oxygen atoms in total. The fourth-order valence-corrected chi connectivity index (χ4v) is 1.93. The Kier molecular flexibility index (Phi) is 7.08. The van der Waals surface area contributed by atoms with Crippen LogP contribution in [0, 0.1) is 47.9 Å². The summed E-state index contributed by atoms with van der Waals surface area (Å²) in [6, 6.07) is 0. The van der Waals surface area contributed by atoms with Crippen molar-refractivity contribution in [3.05, 3.63) is 0 Å². The lowest BCUT2D eigenvalue weighted by molar-refractivity contribution is -0.169. The Labute approximate surface area is 122 Å². The molecule has 0 spiro atoms. The summed E-state index contributed by atoms with van der Waals surface area (Å²) in [7, 11) is 0. The predicted octanol–water partition coefficient (Wildman–Crippen LogP) is 3.04. The van der Waals surface area contributed by atoms with Gasteiger partial charge in [-0.1, -0.05) is 20.8 Å². The molecule has 0 aliphatic heterocycles. The lowest BCUT2D eigenvalue weighted by Crippen LogP contribution is -2.32. The number of hydrogen-bond donors (Lipinski definition) is 0. The second-order valence-electron chi connectivity index (χ2n) is 6.07. The van der Waals surface area contributed by atoms with E-state index in [1.165, 1.54) is 0 Å². The maximum absolute atomic E-state index is 12.0. The topological polar surface area (TPSA) is 43.4 Å². The molecular weight excluding hydrogens is 252 g/mol. The van der Waals surface area contributed by atoms with Crippen LogP contribution in [-0.2, 0) is 14.3 Å². The summed E-state index contributed by atoms with van der Waals surface area (Å²) in [4.78, 5) is 23.9. The second kappa shape index (κ2) is 7.75. The molecule has 0 aromatic heterocycles. The van der Waals surface area contributed by atoms with E-state index in [1.807, 2.05) is 13.8 Å². The van der Waals surface area contributed by atoms with Gasteiger partial charge in [0.25, 0.3) is 0 Å². The Hall–Kier alpha value is -1.74. The van der Waals surface area contributed by atoms with E-state index in [1.54, 1.807) is 20.8 Å². The average molecular weight is 276 g/mol. The molecule has 0 bridgehead atoms. The Bertz CT molecular complexity index is 434. The van der Waals surface area contributed by atoms with Crippen LogP contribution in [0.5, 0.6) is 0 Å². The Morgan fingerprint density at radius 3 is 2.05 bits per heavy atom. The zero-order valence-corrected chi connectivity index (χ0v) is 13.0. The van der Waals surface area contributed by atoms with Gasteiger partial charge in [0.15, 0.2) is 0 Å². The number of esters is 2. The standard InChI is InChI=1S/C17H24O3/c1-8-12(3)10-14(5)15(18)20-16(19)17(6,7)11-13(4)9-2/h1-2,12-14H,10-11H2,3-7H3. The molecule has 0 saturated heterocycles. The minimum Gasteiger partial charge on any atom is -0.393 e. The number of carbonyl (C=O) groups is 2. The number of terminal acetylenes is 2. The van der Waals surface area contributed by atoms with Gasteiger partial charge in [-0.25, -0.2) is 0 Å². The predicted molar refractivity (Wildman–Crippen MR) is 79.3 cm³/mol. The third-order valence-corrected chi connectivity index (χ3v) is 3.24. The molecule has 0 fully saturated rings. The zero-order valence-electron chi connectivity index (χ0n) is 13.0. The van der Waals surface area contributed by atoms with Gasteiger partial charge in [-0.3, -0.25) is 9.59 Å². The van der Waals surface area contributed by atoms with Crippen LogP contribution in [0.25, 0.3) is 0 Å². The van der Waals surface area contributed by atoms with Crippen molar-refractivity contribution in [2.45, 2.75) is 47.5 Å². The first kappa shape index (κ1) is 18.3. The van der Waals surface area contributed by atoms with Gasteiger partial charge in [-0.05, 0) is 26.7 Å². The Morgan fingerprint density at radius 1 is 1.10 bits per heavy atom. The molecule has 0 heterocycles. The Morgan fingerprint density at radius 2 is 1.60 bits per heavy atom. The first-order valence-corrected chi connectivity index (χ1v) is 6.82. The van der Waals surface area contributed by atoms with Crippen molar-refractivity contribution in [2.24, 2.45) is 23.2 Å². The number of hydrogen-bond acceptors (Lipinski definition) is 3. The number of ether oxygens (including phenoxy) is 1. The van der Waals surface area contributed by atoms with E-state index in [0.29, 0.717) is 12.8 Å². The summed E-state index contributed by atoms with van der Waals surface area (Å²) in [6.07, 6.45) is 11.6. The maximum atomic E-state index is 12.0. The van der Waals surface area contributed by atoms with Crippen molar-refractivity contribution < 1.29 is 14.3 Å².